The van der Waals surface area contributed by atoms with Gasteiger partial charge >= 0.3 is 0 Å². The minimum Gasteiger partial charge on any atom is -0.352 e. The van der Waals surface area contributed by atoms with Crippen molar-refractivity contribution in [1.29, 1.82) is 0 Å². The topological polar surface area (TPSA) is 72.2 Å². The van der Waals surface area contributed by atoms with Crippen LogP contribution in [0.1, 0.15) is 24.8 Å². The molecule has 17 heavy (non-hydrogen) atoms. The van der Waals surface area contributed by atoms with Gasteiger partial charge in [-0.05, 0) is 12.0 Å². The first-order chi connectivity index (χ1) is 8.22. The van der Waals surface area contributed by atoms with E-state index in [0.717, 1.165) is 5.56 Å². The Labute approximate surface area is 101 Å². The molecule has 1 aromatic rings. The van der Waals surface area contributed by atoms with Gasteiger partial charge < -0.3 is 11.1 Å². The fraction of sp³-hybridized carbons (Fsp3) is 0.385. The maximum absolute atomic E-state index is 11.4. The molecule has 0 heterocycles. The molecule has 0 atom stereocenters. The van der Waals surface area contributed by atoms with Crippen molar-refractivity contribution in [3.8, 4) is 0 Å². The maximum Gasteiger partial charge on any atom is 0.220 e. The highest BCUT2D eigenvalue weighted by molar-refractivity contribution is 5.81. The van der Waals surface area contributed by atoms with Crippen LogP contribution in [0.15, 0.2) is 30.3 Å². The lowest BCUT2D eigenvalue weighted by molar-refractivity contribution is -0.121. The lowest BCUT2D eigenvalue weighted by Gasteiger charge is -2.04. The van der Waals surface area contributed by atoms with Crippen molar-refractivity contribution in [2.24, 2.45) is 5.73 Å². The van der Waals surface area contributed by atoms with Gasteiger partial charge in [-0.3, -0.25) is 9.59 Å². The number of carbonyl (C=O) groups excluding carboxylic acids is 2. The van der Waals surface area contributed by atoms with Gasteiger partial charge in [-0.2, -0.15) is 0 Å². The highest BCUT2D eigenvalue weighted by Gasteiger charge is 2.03. The molecule has 0 bridgehead atoms. The van der Waals surface area contributed by atoms with E-state index >= 15 is 0 Å². The molecule has 0 fully saturated rings. The Kier molecular flexibility index (Phi) is 5.96. The summed E-state index contributed by atoms with van der Waals surface area (Å²) >= 11 is 0. The van der Waals surface area contributed by atoms with E-state index in [4.69, 9.17) is 5.73 Å². The first kappa shape index (κ1) is 13.4. The third kappa shape index (κ3) is 5.82. The van der Waals surface area contributed by atoms with Crippen LogP contribution in [0.25, 0.3) is 0 Å². The third-order valence-corrected chi connectivity index (χ3v) is 2.42. The highest BCUT2D eigenvalue weighted by atomic mass is 16.1. The van der Waals surface area contributed by atoms with Crippen LogP contribution in [-0.2, 0) is 16.1 Å². The summed E-state index contributed by atoms with van der Waals surface area (Å²) in [4.78, 5) is 22.3. The number of Topliss-reactive ketones (excluding diaryl/α,β-unsaturated/α-hetero) is 1. The van der Waals surface area contributed by atoms with Gasteiger partial charge in [-0.1, -0.05) is 30.3 Å². The molecule has 3 N–H and O–H groups in total. The van der Waals surface area contributed by atoms with Crippen molar-refractivity contribution in [2.45, 2.75) is 25.8 Å². The zero-order chi connectivity index (χ0) is 12.5. The predicted octanol–water partition coefficient (Wildman–Crippen LogP) is 1.00. The molecule has 0 saturated heterocycles. The molecule has 0 unspecified atom stereocenters. The molecule has 1 aromatic carbocycles. The van der Waals surface area contributed by atoms with Crippen LogP contribution in [0.2, 0.25) is 0 Å². The molecule has 4 heteroatoms. The fourth-order valence-corrected chi connectivity index (χ4v) is 1.43. The Bertz CT molecular complexity index is 363. The second kappa shape index (κ2) is 7.57. The molecule has 92 valence electrons. The van der Waals surface area contributed by atoms with Crippen molar-refractivity contribution in [1.82, 2.24) is 5.32 Å². The smallest absolute Gasteiger partial charge is 0.220 e. The van der Waals surface area contributed by atoms with E-state index in [1.54, 1.807) is 0 Å². The van der Waals surface area contributed by atoms with Crippen LogP contribution in [0.5, 0.6) is 0 Å². The van der Waals surface area contributed by atoms with E-state index in [2.05, 4.69) is 5.32 Å². The molecular weight excluding hydrogens is 216 g/mol. The number of hydrogen-bond acceptors (Lipinski definition) is 3. The number of benzene rings is 1. The second-order valence-electron chi connectivity index (χ2n) is 3.86. The average Bonchev–Trinajstić information content (AvgIpc) is 2.37. The zero-order valence-corrected chi connectivity index (χ0v) is 9.82. The molecule has 0 spiro atoms. The summed E-state index contributed by atoms with van der Waals surface area (Å²) in [5.41, 5.74) is 6.24. The molecule has 0 aliphatic heterocycles. The molecule has 0 aliphatic rings. The van der Waals surface area contributed by atoms with Crippen molar-refractivity contribution in [3.05, 3.63) is 35.9 Å². The molecule has 1 amide bonds. The molecule has 1 rings (SSSR count). The van der Waals surface area contributed by atoms with E-state index < -0.39 is 0 Å². The largest absolute Gasteiger partial charge is 0.352 e. The summed E-state index contributed by atoms with van der Waals surface area (Å²) in [6.07, 6.45) is 1.32. The summed E-state index contributed by atoms with van der Waals surface area (Å²) in [6.45, 7) is 0.593. The van der Waals surface area contributed by atoms with E-state index in [1.165, 1.54) is 0 Å². The average molecular weight is 234 g/mol. The highest BCUT2D eigenvalue weighted by Crippen LogP contribution is 1.99. The van der Waals surface area contributed by atoms with Gasteiger partial charge in [-0.15, -0.1) is 0 Å². The minimum absolute atomic E-state index is 0.000796. The van der Waals surface area contributed by atoms with E-state index in [0.29, 0.717) is 25.8 Å². The third-order valence-electron chi connectivity index (χ3n) is 2.42. The van der Waals surface area contributed by atoms with Crippen molar-refractivity contribution in [2.75, 3.05) is 6.54 Å². The molecule has 0 saturated carbocycles. The number of ketones is 1. The van der Waals surface area contributed by atoms with Crippen molar-refractivity contribution < 1.29 is 9.59 Å². The van der Waals surface area contributed by atoms with Gasteiger partial charge in [0.1, 0.15) is 5.78 Å². The van der Waals surface area contributed by atoms with Crippen molar-refractivity contribution >= 4 is 11.7 Å². The number of amides is 1. The Morgan fingerprint density at radius 2 is 1.82 bits per heavy atom. The van der Waals surface area contributed by atoms with Crippen LogP contribution < -0.4 is 11.1 Å². The minimum atomic E-state index is -0.0290. The lowest BCUT2D eigenvalue weighted by Crippen LogP contribution is -2.23. The summed E-state index contributed by atoms with van der Waals surface area (Å²) in [5.74, 6) is -0.0282. The van der Waals surface area contributed by atoms with Gasteiger partial charge in [0.2, 0.25) is 5.91 Å². The van der Waals surface area contributed by atoms with Gasteiger partial charge in [0.25, 0.3) is 0 Å². The zero-order valence-electron chi connectivity index (χ0n) is 9.82. The summed E-state index contributed by atoms with van der Waals surface area (Å²) in [6, 6.07) is 9.71. The van der Waals surface area contributed by atoms with Gasteiger partial charge in [0, 0.05) is 19.4 Å². The number of rotatable bonds is 7. The second-order valence-corrected chi connectivity index (χ2v) is 3.86. The number of hydrogen-bond donors (Lipinski definition) is 2. The van der Waals surface area contributed by atoms with Gasteiger partial charge in [-0.25, -0.2) is 0 Å². The molecule has 0 aliphatic carbocycles. The standard InChI is InChI=1S/C13H18N2O2/c14-9-12(16)7-4-8-13(17)15-10-11-5-2-1-3-6-11/h1-3,5-6H,4,7-10,14H2,(H,15,17). The number of nitrogens with two attached hydrogens (primary N) is 1. The van der Waals surface area contributed by atoms with Crippen LogP contribution in [0.4, 0.5) is 0 Å². The number of carbonyl (C=O) groups is 2. The van der Waals surface area contributed by atoms with Crippen LogP contribution >= 0.6 is 0 Å². The SMILES string of the molecule is NCC(=O)CCCC(=O)NCc1ccccc1. The molecule has 0 aromatic heterocycles. The Balaban J connectivity index is 2.16. The van der Waals surface area contributed by atoms with E-state index in [1.807, 2.05) is 30.3 Å². The first-order valence-corrected chi connectivity index (χ1v) is 5.74. The van der Waals surface area contributed by atoms with E-state index in [9.17, 15) is 9.59 Å². The summed E-state index contributed by atoms with van der Waals surface area (Å²) < 4.78 is 0. The lowest BCUT2D eigenvalue weighted by atomic mass is 10.1. The quantitative estimate of drug-likeness (QED) is 0.739. The van der Waals surface area contributed by atoms with Crippen molar-refractivity contribution in [3.63, 3.8) is 0 Å². The van der Waals surface area contributed by atoms with Crippen LogP contribution in [0, 0.1) is 0 Å². The van der Waals surface area contributed by atoms with Crippen LogP contribution in [0.3, 0.4) is 0 Å². The molecular formula is C13H18N2O2. The maximum atomic E-state index is 11.4. The van der Waals surface area contributed by atoms with Gasteiger partial charge in [0.15, 0.2) is 0 Å². The Morgan fingerprint density at radius 3 is 2.47 bits per heavy atom. The molecule has 0 radical (unpaired) electrons. The summed E-state index contributed by atoms with van der Waals surface area (Å²) in [5, 5.41) is 2.81. The number of nitrogens with one attached hydrogen (secondary N) is 1. The Morgan fingerprint density at radius 1 is 1.12 bits per heavy atom. The summed E-state index contributed by atoms with van der Waals surface area (Å²) in [7, 11) is 0. The Hall–Kier alpha value is -1.68. The predicted molar refractivity (Wildman–Crippen MR) is 66.2 cm³/mol. The first-order valence-electron chi connectivity index (χ1n) is 5.74. The monoisotopic (exact) mass is 234 g/mol. The van der Waals surface area contributed by atoms with E-state index in [-0.39, 0.29) is 18.2 Å². The van der Waals surface area contributed by atoms with Gasteiger partial charge in [0.05, 0.1) is 6.54 Å². The molecule has 4 nitrogen and oxygen atoms in total. The fourth-order valence-electron chi connectivity index (χ4n) is 1.43. The normalized spacial score (nSPS) is 9.94. The van der Waals surface area contributed by atoms with Crippen LogP contribution in [-0.4, -0.2) is 18.2 Å².